The van der Waals surface area contributed by atoms with Crippen LogP contribution in [-0.2, 0) is 6.42 Å². The highest BCUT2D eigenvalue weighted by Gasteiger charge is 2.14. The summed E-state index contributed by atoms with van der Waals surface area (Å²) < 4.78 is 6.39. The van der Waals surface area contributed by atoms with Crippen molar-refractivity contribution in [2.75, 3.05) is 7.11 Å². The van der Waals surface area contributed by atoms with Crippen LogP contribution >= 0.6 is 22.9 Å². The zero-order valence-electron chi connectivity index (χ0n) is 11.4. The average molecular weight is 320 g/mol. The van der Waals surface area contributed by atoms with E-state index in [1.165, 1.54) is 0 Å². The van der Waals surface area contributed by atoms with Gasteiger partial charge in [0.1, 0.15) is 5.75 Å². The highest BCUT2D eigenvalue weighted by atomic mass is 35.5. The minimum Gasteiger partial charge on any atom is -0.496 e. The summed E-state index contributed by atoms with van der Waals surface area (Å²) >= 11 is 7.63. The Bertz CT molecular complexity index is 772. The van der Waals surface area contributed by atoms with Crippen LogP contribution in [-0.4, -0.2) is 17.2 Å². The average Bonchev–Trinajstić information content (AvgIpc) is 2.94. The molecule has 0 radical (unpaired) electrons. The van der Waals surface area contributed by atoms with Crippen LogP contribution in [0.25, 0.3) is 10.2 Å². The molecule has 0 amide bonds. The smallest absolute Gasteiger partial charge is 0.122 e. The zero-order valence-corrected chi connectivity index (χ0v) is 13.0. The minimum atomic E-state index is -0.642. The first kappa shape index (κ1) is 14.3. The van der Waals surface area contributed by atoms with Crippen LogP contribution in [0.2, 0.25) is 5.02 Å². The number of rotatable bonds is 4. The Balaban J connectivity index is 1.88. The topological polar surface area (TPSA) is 42.4 Å². The fourth-order valence-corrected chi connectivity index (χ4v) is 3.26. The molecule has 3 rings (SSSR count). The largest absolute Gasteiger partial charge is 0.496 e. The van der Waals surface area contributed by atoms with Gasteiger partial charge in [-0.25, -0.2) is 0 Å². The molecule has 0 saturated heterocycles. The predicted molar refractivity (Wildman–Crippen MR) is 86.3 cm³/mol. The predicted octanol–water partition coefficient (Wildman–Crippen LogP) is 4.23. The zero-order chi connectivity index (χ0) is 14.8. The Hall–Kier alpha value is -1.62. The third-order valence-electron chi connectivity index (χ3n) is 3.36. The van der Waals surface area contributed by atoms with Gasteiger partial charge in [0.25, 0.3) is 0 Å². The lowest BCUT2D eigenvalue weighted by Gasteiger charge is -2.14. The van der Waals surface area contributed by atoms with Gasteiger partial charge in [-0.1, -0.05) is 11.6 Å². The molecule has 0 aliphatic carbocycles. The molecule has 21 heavy (non-hydrogen) atoms. The molecule has 108 valence electrons. The lowest BCUT2D eigenvalue weighted by Crippen LogP contribution is -2.04. The molecule has 0 fully saturated rings. The number of halogens is 1. The first-order valence-corrected chi connectivity index (χ1v) is 7.77. The van der Waals surface area contributed by atoms with Crippen LogP contribution in [0.1, 0.15) is 17.2 Å². The van der Waals surface area contributed by atoms with E-state index in [9.17, 15) is 5.11 Å². The Morgan fingerprint density at radius 2 is 2.19 bits per heavy atom. The summed E-state index contributed by atoms with van der Waals surface area (Å²) in [5.41, 5.74) is 2.63. The van der Waals surface area contributed by atoms with Crippen molar-refractivity contribution in [2.45, 2.75) is 12.5 Å². The van der Waals surface area contributed by atoms with E-state index >= 15 is 0 Å². The van der Waals surface area contributed by atoms with Gasteiger partial charge in [-0.05, 0) is 41.3 Å². The van der Waals surface area contributed by atoms with Gasteiger partial charge in [0, 0.05) is 23.2 Å². The molecule has 0 spiro atoms. The van der Waals surface area contributed by atoms with E-state index in [4.69, 9.17) is 16.3 Å². The van der Waals surface area contributed by atoms with E-state index in [0.29, 0.717) is 11.4 Å². The van der Waals surface area contributed by atoms with Gasteiger partial charge in [0.2, 0.25) is 0 Å². The molecule has 0 bridgehead atoms. The summed E-state index contributed by atoms with van der Waals surface area (Å²) in [6.07, 6.45) is 1.51. The van der Waals surface area contributed by atoms with Gasteiger partial charge >= 0.3 is 0 Å². The Kier molecular flexibility index (Phi) is 4.10. The number of aliphatic hydroxyl groups excluding tert-OH is 1. The van der Waals surface area contributed by atoms with E-state index in [-0.39, 0.29) is 0 Å². The number of fused-ring (bicyclic) bond motifs is 1. The number of aromatic nitrogens is 1. The summed E-state index contributed by atoms with van der Waals surface area (Å²) in [4.78, 5) is 4.36. The summed E-state index contributed by atoms with van der Waals surface area (Å²) in [6.45, 7) is 0. The van der Waals surface area contributed by atoms with E-state index in [2.05, 4.69) is 4.98 Å². The van der Waals surface area contributed by atoms with Crippen LogP contribution in [0.4, 0.5) is 0 Å². The van der Waals surface area contributed by atoms with E-state index in [1.54, 1.807) is 30.7 Å². The molecule has 0 saturated carbocycles. The Morgan fingerprint density at radius 3 is 3.00 bits per heavy atom. The maximum absolute atomic E-state index is 10.4. The first-order chi connectivity index (χ1) is 10.2. The molecule has 5 heteroatoms. The SMILES string of the molecule is COc1ccc(Cl)cc1CC(O)c1cnc2ccsc2c1. The van der Waals surface area contributed by atoms with Crippen molar-refractivity contribution in [3.05, 3.63) is 58.1 Å². The van der Waals surface area contributed by atoms with Gasteiger partial charge in [0.15, 0.2) is 0 Å². The fraction of sp³-hybridized carbons (Fsp3) is 0.188. The maximum Gasteiger partial charge on any atom is 0.122 e. The standard InChI is InChI=1S/C16H14ClNO2S/c1-20-15-3-2-12(17)6-10(15)7-14(19)11-8-16-13(18-9-11)4-5-21-16/h2-6,8-9,14,19H,7H2,1H3. The number of methoxy groups -OCH3 is 1. The second-order valence-corrected chi connectivity index (χ2v) is 6.13. The first-order valence-electron chi connectivity index (χ1n) is 6.51. The molecule has 1 N–H and O–H groups in total. The van der Waals surface area contributed by atoms with Crippen LogP contribution in [0.3, 0.4) is 0 Å². The molecule has 3 nitrogen and oxygen atoms in total. The van der Waals surface area contributed by atoms with Crippen LogP contribution in [0.15, 0.2) is 41.9 Å². The molecule has 0 aliphatic rings. The summed E-state index contributed by atoms with van der Waals surface area (Å²) in [6, 6.07) is 9.35. The van der Waals surface area contributed by atoms with Gasteiger partial charge in [-0.2, -0.15) is 0 Å². The molecule has 1 unspecified atom stereocenters. The number of ether oxygens (including phenoxy) is 1. The van der Waals surface area contributed by atoms with Crippen molar-refractivity contribution in [3.63, 3.8) is 0 Å². The van der Waals surface area contributed by atoms with Crippen LogP contribution < -0.4 is 4.74 Å². The second kappa shape index (κ2) is 6.02. The number of benzene rings is 1. The highest BCUT2D eigenvalue weighted by Crippen LogP contribution is 2.29. The lowest BCUT2D eigenvalue weighted by atomic mass is 10.0. The number of thiophene rings is 1. The Morgan fingerprint density at radius 1 is 1.33 bits per heavy atom. The lowest BCUT2D eigenvalue weighted by molar-refractivity contribution is 0.177. The second-order valence-electron chi connectivity index (χ2n) is 4.75. The normalized spacial score (nSPS) is 12.5. The molecular formula is C16H14ClNO2S. The number of aliphatic hydroxyl groups is 1. The fourth-order valence-electron chi connectivity index (χ4n) is 2.28. The third kappa shape index (κ3) is 3.02. The number of nitrogens with zero attached hydrogens (tertiary/aromatic N) is 1. The molecule has 0 aliphatic heterocycles. The molecule has 1 atom stereocenters. The van der Waals surface area contributed by atoms with Crippen molar-refractivity contribution in [3.8, 4) is 5.75 Å². The highest BCUT2D eigenvalue weighted by molar-refractivity contribution is 7.17. The van der Waals surface area contributed by atoms with Crippen molar-refractivity contribution in [1.29, 1.82) is 0 Å². The van der Waals surface area contributed by atoms with Crippen molar-refractivity contribution in [2.24, 2.45) is 0 Å². The number of pyridine rings is 1. The van der Waals surface area contributed by atoms with E-state index in [0.717, 1.165) is 27.1 Å². The van der Waals surface area contributed by atoms with Gasteiger partial charge < -0.3 is 9.84 Å². The Labute approximate surface area is 131 Å². The third-order valence-corrected chi connectivity index (χ3v) is 4.45. The van der Waals surface area contributed by atoms with Crippen molar-refractivity contribution < 1.29 is 9.84 Å². The molecule has 2 aromatic heterocycles. The quantitative estimate of drug-likeness (QED) is 0.782. The van der Waals surface area contributed by atoms with Gasteiger partial charge in [0.05, 0.1) is 23.4 Å². The number of hydrogen-bond acceptors (Lipinski definition) is 4. The minimum absolute atomic E-state index is 0.433. The monoisotopic (exact) mass is 319 g/mol. The van der Waals surface area contributed by atoms with Gasteiger partial charge in [-0.15, -0.1) is 11.3 Å². The van der Waals surface area contributed by atoms with Crippen LogP contribution in [0.5, 0.6) is 5.75 Å². The number of hydrogen-bond donors (Lipinski definition) is 1. The van der Waals surface area contributed by atoms with E-state index in [1.807, 2.05) is 29.6 Å². The van der Waals surface area contributed by atoms with E-state index < -0.39 is 6.10 Å². The molecular weight excluding hydrogens is 306 g/mol. The molecule has 3 aromatic rings. The summed E-state index contributed by atoms with van der Waals surface area (Å²) in [5.74, 6) is 0.726. The van der Waals surface area contributed by atoms with Crippen molar-refractivity contribution in [1.82, 2.24) is 4.98 Å². The molecule has 2 heterocycles. The van der Waals surface area contributed by atoms with Crippen molar-refractivity contribution >= 4 is 33.2 Å². The van der Waals surface area contributed by atoms with Crippen LogP contribution in [0, 0.1) is 0 Å². The summed E-state index contributed by atoms with van der Waals surface area (Å²) in [7, 11) is 1.61. The molecule has 1 aromatic carbocycles. The van der Waals surface area contributed by atoms with Gasteiger partial charge in [-0.3, -0.25) is 4.98 Å². The summed E-state index contributed by atoms with van der Waals surface area (Å²) in [5, 5.41) is 13.1. The maximum atomic E-state index is 10.4.